The van der Waals surface area contributed by atoms with Gasteiger partial charge < -0.3 is 13.8 Å². The number of aryl methyl sites for hydroxylation is 1. The fourth-order valence-corrected chi connectivity index (χ4v) is 1.38. The molecule has 90 valence electrons. The zero-order chi connectivity index (χ0) is 12.3. The summed E-state index contributed by atoms with van der Waals surface area (Å²) in [6.07, 6.45) is 3.49. The second kappa shape index (κ2) is 4.88. The zero-order valence-corrected chi connectivity index (χ0v) is 9.58. The Hall–Kier alpha value is -2.02. The molecule has 0 radical (unpaired) electrons. The van der Waals surface area contributed by atoms with Gasteiger partial charge in [0, 0.05) is 26.6 Å². The van der Waals surface area contributed by atoms with Crippen LogP contribution in [0.5, 0.6) is 0 Å². The molecule has 7 nitrogen and oxygen atoms in total. The molecule has 0 fully saturated rings. The molecule has 0 aromatic carbocycles. The minimum absolute atomic E-state index is 0.0418. The van der Waals surface area contributed by atoms with E-state index < -0.39 is 0 Å². The van der Waals surface area contributed by atoms with Crippen LogP contribution in [0.4, 0.5) is 0 Å². The summed E-state index contributed by atoms with van der Waals surface area (Å²) in [6, 6.07) is 0. The van der Waals surface area contributed by atoms with Crippen molar-refractivity contribution in [2.75, 3.05) is 13.7 Å². The molecule has 0 aliphatic heterocycles. The maximum absolute atomic E-state index is 11.3. The molecule has 2 heterocycles. The van der Waals surface area contributed by atoms with Crippen molar-refractivity contribution in [3.8, 4) is 11.6 Å². The van der Waals surface area contributed by atoms with Gasteiger partial charge in [-0.2, -0.15) is 4.98 Å². The highest BCUT2D eigenvalue weighted by Crippen LogP contribution is 2.12. The third-order valence-electron chi connectivity index (χ3n) is 2.14. The first-order valence-corrected chi connectivity index (χ1v) is 5.01. The van der Waals surface area contributed by atoms with Crippen LogP contribution in [-0.2, 0) is 23.0 Å². The summed E-state index contributed by atoms with van der Waals surface area (Å²) in [6.45, 7) is 0.0418. The van der Waals surface area contributed by atoms with E-state index >= 15 is 0 Å². The number of carbonyl (C=O) groups excluding carboxylic acids is 1. The van der Waals surface area contributed by atoms with E-state index in [0.29, 0.717) is 11.6 Å². The van der Waals surface area contributed by atoms with Gasteiger partial charge in [0.05, 0.1) is 6.42 Å². The Morgan fingerprint density at radius 1 is 1.59 bits per heavy atom. The average Bonchev–Trinajstić information content (AvgIpc) is 2.87. The van der Waals surface area contributed by atoms with Crippen LogP contribution in [0.2, 0.25) is 0 Å². The number of carbonyl (C=O) groups is 1. The van der Waals surface area contributed by atoms with Crippen LogP contribution >= 0.6 is 0 Å². The number of ether oxygens (including phenoxy) is 1. The third-order valence-corrected chi connectivity index (χ3v) is 2.14. The zero-order valence-electron chi connectivity index (χ0n) is 9.58. The molecule has 0 atom stereocenters. The van der Waals surface area contributed by atoms with Gasteiger partial charge in [0.15, 0.2) is 11.6 Å². The molecule has 17 heavy (non-hydrogen) atoms. The maximum Gasteiger partial charge on any atom is 0.238 e. The first-order valence-electron chi connectivity index (χ1n) is 5.01. The van der Waals surface area contributed by atoms with Crippen molar-refractivity contribution < 1.29 is 14.1 Å². The van der Waals surface area contributed by atoms with Crippen LogP contribution in [0.3, 0.4) is 0 Å². The normalized spacial score (nSPS) is 10.7. The van der Waals surface area contributed by atoms with Crippen molar-refractivity contribution in [3.05, 3.63) is 18.3 Å². The largest absolute Gasteiger partial charge is 0.377 e. The van der Waals surface area contributed by atoms with Crippen molar-refractivity contribution in [1.29, 1.82) is 0 Å². The molecular weight excluding hydrogens is 224 g/mol. The number of aromatic nitrogens is 4. The van der Waals surface area contributed by atoms with E-state index in [4.69, 9.17) is 9.26 Å². The van der Waals surface area contributed by atoms with E-state index in [1.165, 1.54) is 7.11 Å². The first-order chi connectivity index (χ1) is 8.20. The second-order valence-corrected chi connectivity index (χ2v) is 3.52. The van der Waals surface area contributed by atoms with Crippen LogP contribution in [0.25, 0.3) is 11.6 Å². The third kappa shape index (κ3) is 2.56. The fraction of sp³-hybridized carbons (Fsp3) is 0.400. The van der Waals surface area contributed by atoms with Gasteiger partial charge in [-0.15, -0.1) is 0 Å². The summed E-state index contributed by atoms with van der Waals surface area (Å²) in [5.74, 6) is 1.13. The molecule has 0 spiro atoms. The van der Waals surface area contributed by atoms with Gasteiger partial charge >= 0.3 is 0 Å². The summed E-state index contributed by atoms with van der Waals surface area (Å²) in [5, 5.41) is 3.77. The quantitative estimate of drug-likeness (QED) is 0.738. The Balaban J connectivity index is 2.11. The van der Waals surface area contributed by atoms with E-state index in [-0.39, 0.29) is 24.7 Å². The lowest BCUT2D eigenvalue weighted by Gasteiger charge is -1.94. The molecule has 7 heteroatoms. The monoisotopic (exact) mass is 236 g/mol. The van der Waals surface area contributed by atoms with E-state index in [9.17, 15) is 4.79 Å². The predicted molar refractivity (Wildman–Crippen MR) is 57.1 cm³/mol. The molecule has 2 rings (SSSR count). The number of rotatable bonds is 5. The Morgan fingerprint density at radius 3 is 3.06 bits per heavy atom. The Labute approximate surface area is 97.4 Å². The molecule has 0 N–H and O–H groups in total. The molecule has 0 saturated heterocycles. The van der Waals surface area contributed by atoms with E-state index in [2.05, 4.69) is 15.1 Å². The SMILES string of the molecule is COCC(=O)Cc1nc(-c2nccn2C)no1. The number of nitrogens with zero attached hydrogens (tertiary/aromatic N) is 4. The summed E-state index contributed by atoms with van der Waals surface area (Å²) < 4.78 is 11.5. The first kappa shape index (κ1) is 11.5. The molecular formula is C10H12N4O3. The average molecular weight is 236 g/mol. The molecule has 0 aliphatic rings. The molecule has 0 aliphatic carbocycles. The van der Waals surface area contributed by atoms with Crippen LogP contribution in [0.15, 0.2) is 16.9 Å². The number of methoxy groups -OCH3 is 1. The number of imidazole rings is 1. The van der Waals surface area contributed by atoms with Crippen molar-refractivity contribution in [3.63, 3.8) is 0 Å². The number of ketones is 1. The number of hydrogen-bond donors (Lipinski definition) is 0. The van der Waals surface area contributed by atoms with Gasteiger partial charge in [-0.05, 0) is 0 Å². The van der Waals surface area contributed by atoms with Gasteiger partial charge in [0.25, 0.3) is 0 Å². The Kier molecular flexibility index (Phi) is 3.29. The minimum atomic E-state index is -0.109. The van der Waals surface area contributed by atoms with Crippen LogP contribution in [0, 0.1) is 0 Å². The van der Waals surface area contributed by atoms with Crippen molar-refractivity contribution >= 4 is 5.78 Å². The second-order valence-electron chi connectivity index (χ2n) is 3.52. The van der Waals surface area contributed by atoms with Crippen LogP contribution in [-0.4, -0.2) is 39.2 Å². The highest BCUT2D eigenvalue weighted by molar-refractivity contribution is 5.81. The van der Waals surface area contributed by atoms with Gasteiger partial charge in [0.1, 0.15) is 6.61 Å². The molecule has 0 unspecified atom stereocenters. The van der Waals surface area contributed by atoms with E-state index in [1.807, 2.05) is 7.05 Å². The Bertz CT molecular complexity index is 517. The topological polar surface area (TPSA) is 83.0 Å². The summed E-state index contributed by atoms with van der Waals surface area (Å²) in [7, 11) is 3.29. The highest BCUT2D eigenvalue weighted by atomic mass is 16.5. The predicted octanol–water partition coefficient (Wildman–Crippen LogP) is 0.228. The lowest BCUT2D eigenvalue weighted by molar-refractivity contribution is -0.122. The van der Waals surface area contributed by atoms with Crippen molar-refractivity contribution in [2.24, 2.45) is 7.05 Å². The van der Waals surface area contributed by atoms with Gasteiger partial charge in [-0.25, -0.2) is 4.98 Å². The number of hydrogen-bond acceptors (Lipinski definition) is 6. The standard InChI is InChI=1S/C10H12N4O3/c1-14-4-3-11-10(14)9-12-8(17-13-9)5-7(15)6-16-2/h3-4H,5-6H2,1-2H3. The molecule has 2 aromatic rings. The van der Waals surface area contributed by atoms with Gasteiger partial charge in [0.2, 0.25) is 11.7 Å². The lowest BCUT2D eigenvalue weighted by atomic mass is 10.3. The summed E-state index contributed by atoms with van der Waals surface area (Å²) >= 11 is 0. The maximum atomic E-state index is 11.3. The fourth-order valence-electron chi connectivity index (χ4n) is 1.38. The minimum Gasteiger partial charge on any atom is -0.377 e. The smallest absolute Gasteiger partial charge is 0.238 e. The van der Waals surface area contributed by atoms with Crippen LogP contribution in [0.1, 0.15) is 5.89 Å². The molecule has 2 aromatic heterocycles. The highest BCUT2D eigenvalue weighted by Gasteiger charge is 2.14. The molecule has 0 saturated carbocycles. The van der Waals surface area contributed by atoms with E-state index in [0.717, 1.165) is 0 Å². The van der Waals surface area contributed by atoms with Gasteiger partial charge in [-0.3, -0.25) is 4.79 Å². The summed E-state index contributed by atoms with van der Waals surface area (Å²) in [4.78, 5) is 19.5. The summed E-state index contributed by atoms with van der Waals surface area (Å²) in [5.41, 5.74) is 0. The number of Topliss-reactive ketones (excluding diaryl/α,β-unsaturated/α-hetero) is 1. The lowest BCUT2D eigenvalue weighted by Crippen LogP contribution is -2.09. The molecule has 0 amide bonds. The van der Waals surface area contributed by atoms with Crippen molar-refractivity contribution in [1.82, 2.24) is 19.7 Å². The molecule has 0 bridgehead atoms. The Morgan fingerprint density at radius 2 is 2.41 bits per heavy atom. The van der Waals surface area contributed by atoms with Gasteiger partial charge in [-0.1, -0.05) is 5.16 Å². The van der Waals surface area contributed by atoms with E-state index in [1.54, 1.807) is 17.0 Å². The van der Waals surface area contributed by atoms with Crippen molar-refractivity contribution in [2.45, 2.75) is 6.42 Å². The van der Waals surface area contributed by atoms with Crippen LogP contribution < -0.4 is 0 Å².